The zero-order chi connectivity index (χ0) is 12.5. The van der Waals surface area contributed by atoms with Crippen molar-refractivity contribution in [1.82, 2.24) is 10.2 Å². The number of rotatable bonds is 2. The molecule has 4 nitrogen and oxygen atoms in total. The molecule has 7 heteroatoms. The van der Waals surface area contributed by atoms with E-state index < -0.39 is 36.5 Å². The van der Waals surface area contributed by atoms with Crippen LogP contribution >= 0.6 is 0 Å². The molecule has 0 aromatic carbocycles. The van der Waals surface area contributed by atoms with Gasteiger partial charge in [-0.05, 0) is 6.92 Å². The molecule has 0 radical (unpaired) electrons. The van der Waals surface area contributed by atoms with Crippen LogP contribution in [0.2, 0.25) is 0 Å². The number of amides is 3. The molecule has 1 aliphatic rings. The topological polar surface area (TPSA) is 49.4 Å². The Morgan fingerprint density at radius 3 is 2.56 bits per heavy atom. The standard InChI is InChI=1S/C9H13F3N2O2/c1-5-4-14(8(16)13-7(5)15)6(2)3-9(10,11)12/h5-6H,3-4H2,1-2H3,(H,13,15,16). The van der Waals surface area contributed by atoms with Gasteiger partial charge in [-0.3, -0.25) is 10.1 Å². The van der Waals surface area contributed by atoms with E-state index >= 15 is 0 Å². The van der Waals surface area contributed by atoms with E-state index in [1.54, 1.807) is 6.92 Å². The first-order valence-corrected chi connectivity index (χ1v) is 4.89. The number of urea groups is 1. The van der Waals surface area contributed by atoms with Crippen LogP contribution in [0.25, 0.3) is 0 Å². The van der Waals surface area contributed by atoms with E-state index in [4.69, 9.17) is 0 Å². The van der Waals surface area contributed by atoms with Crippen molar-refractivity contribution >= 4 is 11.9 Å². The van der Waals surface area contributed by atoms with Gasteiger partial charge in [-0.15, -0.1) is 0 Å². The lowest BCUT2D eigenvalue weighted by molar-refractivity contribution is -0.145. The highest BCUT2D eigenvalue weighted by atomic mass is 19.4. The molecule has 1 rings (SSSR count). The zero-order valence-corrected chi connectivity index (χ0v) is 8.97. The molecule has 0 saturated carbocycles. The average molecular weight is 238 g/mol. The predicted molar refractivity (Wildman–Crippen MR) is 49.5 cm³/mol. The first-order chi connectivity index (χ1) is 7.20. The van der Waals surface area contributed by atoms with Crippen LogP contribution in [0.3, 0.4) is 0 Å². The number of carbonyl (C=O) groups is 2. The zero-order valence-electron chi connectivity index (χ0n) is 8.97. The minimum absolute atomic E-state index is 0.0297. The quantitative estimate of drug-likeness (QED) is 0.792. The van der Waals surface area contributed by atoms with E-state index in [0.717, 1.165) is 4.90 Å². The summed E-state index contributed by atoms with van der Waals surface area (Å²) in [5.74, 6) is -0.922. The molecule has 16 heavy (non-hydrogen) atoms. The molecule has 0 spiro atoms. The second-order valence-electron chi connectivity index (χ2n) is 4.02. The maximum atomic E-state index is 12.1. The van der Waals surface area contributed by atoms with Crippen LogP contribution in [0, 0.1) is 5.92 Å². The summed E-state index contributed by atoms with van der Waals surface area (Å²) in [7, 11) is 0. The van der Waals surface area contributed by atoms with Gasteiger partial charge >= 0.3 is 12.2 Å². The van der Waals surface area contributed by atoms with Gasteiger partial charge in [0.05, 0.1) is 12.3 Å². The van der Waals surface area contributed by atoms with Crippen LogP contribution in [0.4, 0.5) is 18.0 Å². The van der Waals surface area contributed by atoms with Crippen molar-refractivity contribution in [3.05, 3.63) is 0 Å². The van der Waals surface area contributed by atoms with Crippen LogP contribution < -0.4 is 5.32 Å². The third-order valence-electron chi connectivity index (χ3n) is 2.47. The van der Waals surface area contributed by atoms with Crippen LogP contribution in [-0.2, 0) is 4.79 Å². The lowest BCUT2D eigenvalue weighted by Crippen LogP contribution is -2.57. The van der Waals surface area contributed by atoms with Gasteiger partial charge in [0.2, 0.25) is 5.91 Å². The molecule has 1 aliphatic heterocycles. The third-order valence-corrected chi connectivity index (χ3v) is 2.47. The molecule has 0 aromatic rings. The summed E-state index contributed by atoms with van der Waals surface area (Å²) >= 11 is 0. The Morgan fingerprint density at radius 1 is 1.50 bits per heavy atom. The number of carbonyl (C=O) groups excluding carboxylic acids is 2. The summed E-state index contributed by atoms with van der Waals surface area (Å²) in [6.45, 7) is 2.91. The number of hydrogen-bond acceptors (Lipinski definition) is 2. The number of halogens is 3. The molecule has 0 aromatic heterocycles. The SMILES string of the molecule is CC1CN(C(C)CC(F)(F)F)C(=O)NC1=O. The van der Waals surface area contributed by atoms with Crippen LogP contribution in [0.15, 0.2) is 0 Å². The number of alkyl halides is 3. The Morgan fingerprint density at radius 2 is 2.06 bits per heavy atom. The van der Waals surface area contributed by atoms with Crippen molar-refractivity contribution in [2.24, 2.45) is 5.92 Å². The Labute approximate surface area is 90.8 Å². The first-order valence-electron chi connectivity index (χ1n) is 4.89. The minimum atomic E-state index is -4.32. The first kappa shape index (κ1) is 12.8. The average Bonchev–Trinajstić information content (AvgIpc) is 2.08. The maximum Gasteiger partial charge on any atom is 0.391 e. The number of imide groups is 1. The summed E-state index contributed by atoms with van der Waals surface area (Å²) in [5, 5.41) is 2.03. The van der Waals surface area contributed by atoms with Gasteiger partial charge in [0.15, 0.2) is 0 Å². The van der Waals surface area contributed by atoms with Crippen LogP contribution in [0.5, 0.6) is 0 Å². The molecule has 0 aliphatic carbocycles. The van der Waals surface area contributed by atoms with E-state index in [9.17, 15) is 22.8 Å². The summed E-state index contributed by atoms with van der Waals surface area (Å²) in [4.78, 5) is 23.4. The van der Waals surface area contributed by atoms with Crippen molar-refractivity contribution in [3.63, 3.8) is 0 Å². The smallest absolute Gasteiger partial charge is 0.321 e. The van der Waals surface area contributed by atoms with Crippen molar-refractivity contribution in [3.8, 4) is 0 Å². The molecule has 1 heterocycles. The van der Waals surface area contributed by atoms with Gasteiger partial charge in [0.1, 0.15) is 0 Å². The van der Waals surface area contributed by atoms with Crippen molar-refractivity contribution in [1.29, 1.82) is 0 Å². The minimum Gasteiger partial charge on any atom is -0.321 e. The Bertz CT molecular complexity index is 304. The summed E-state index contributed by atoms with van der Waals surface area (Å²) < 4.78 is 36.4. The predicted octanol–water partition coefficient (Wildman–Crippen LogP) is 1.52. The second kappa shape index (κ2) is 4.31. The lowest BCUT2D eigenvalue weighted by Gasteiger charge is -2.35. The number of nitrogens with zero attached hydrogens (tertiary/aromatic N) is 1. The number of nitrogens with one attached hydrogen (secondary N) is 1. The molecule has 1 saturated heterocycles. The molecular weight excluding hydrogens is 225 g/mol. The van der Waals surface area contributed by atoms with Gasteiger partial charge in [-0.2, -0.15) is 13.2 Å². The van der Waals surface area contributed by atoms with E-state index in [1.807, 2.05) is 5.32 Å². The summed E-state index contributed by atoms with van der Waals surface area (Å²) in [5.41, 5.74) is 0. The van der Waals surface area contributed by atoms with Gasteiger partial charge in [0.25, 0.3) is 0 Å². The van der Waals surface area contributed by atoms with Gasteiger partial charge in [-0.1, -0.05) is 6.92 Å². The second-order valence-corrected chi connectivity index (χ2v) is 4.02. The maximum absolute atomic E-state index is 12.1. The highest BCUT2D eigenvalue weighted by Gasteiger charge is 2.37. The molecule has 2 atom stereocenters. The van der Waals surface area contributed by atoms with E-state index in [2.05, 4.69) is 0 Å². The van der Waals surface area contributed by atoms with Gasteiger partial charge in [-0.25, -0.2) is 4.79 Å². The fourth-order valence-electron chi connectivity index (χ4n) is 1.59. The monoisotopic (exact) mass is 238 g/mol. The van der Waals surface area contributed by atoms with Gasteiger partial charge < -0.3 is 4.90 Å². The largest absolute Gasteiger partial charge is 0.391 e. The normalized spacial score (nSPS) is 24.3. The van der Waals surface area contributed by atoms with Crippen molar-refractivity contribution < 1.29 is 22.8 Å². The fraction of sp³-hybridized carbons (Fsp3) is 0.778. The number of hydrogen-bond donors (Lipinski definition) is 1. The lowest BCUT2D eigenvalue weighted by atomic mass is 10.1. The fourth-order valence-corrected chi connectivity index (χ4v) is 1.59. The van der Waals surface area contributed by atoms with Crippen molar-refractivity contribution in [2.45, 2.75) is 32.5 Å². The Kier molecular flexibility index (Phi) is 3.44. The summed E-state index contributed by atoms with van der Waals surface area (Å²) in [6.07, 6.45) is -5.38. The molecule has 0 bridgehead atoms. The van der Waals surface area contributed by atoms with E-state index in [-0.39, 0.29) is 6.54 Å². The third kappa shape index (κ3) is 3.11. The molecule has 2 unspecified atom stereocenters. The van der Waals surface area contributed by atoms with E-state index in [0.29, 0.717) is 0 Å². The molecule has 92 valence electrons. The molecule has 1 fully saturated rings. The molecule has 3 amide bonds. The highest BCUT2D eigenvalue weighted by molar-refractivity contribution is 5.97. The van der Waals surface area contributed by atoms with Crippen LogP contribution in [0.1, 0.15) is 20.3 Å². The van der Waals surface area contributed by atoms with Crippen LogP contribution in [-0.4, -0.2) is 35.6 Å². The Hall–Kier alpha value is -1.27. The highest BCUT2D eigenvalue weighted by Crippen LogP contribution is 2.25. The Balaban J connectivity index is 2.66. The van der Waals surface area contributed by atoms with Gasteiger partial charge in [0, 0.05) is 12.6 Å². The van der Waals surface area contributed by atoms with Crippen molar-refractivity contribution in [2.75, 3.05) is 6.54 Å². The molecule has 1 N–H and O–H groups in total. The summed E-state index contributed by atoms with van der Waals surface area (Å²) in [6, 6.07) is -1.71. The molecular formula is C9H13F3N2O2. The van der Waals surface area contributed by atoms with E-state index in [1.165, 1.54) is 6.92 Å².